The van der Waals surface area contributed by atoms with Crippen LogP contribution in [0.4, 0.5) is 0 Å². The number of hydrogen-bond acceptors (Lipinski definition) is 3. The minimum absolute atomic E-state index is 0.116. The molecule has 0 aliphatic heterocycles. The second-order valence-electron chi connectivity index (χ2n) is 6.12. The third-order valence-electron chi connectivity index (χ3n) is 4.37. The van der Waals surface area contributed by atoms with Crippen LogP contribution in [0.3, 0.4) is 0 Å². The summed E-state index contributed by atoms with van der Waals surface area (Å²) in [4.78, 5) is 13.2. The van der Waals surface area contributed by atoms with Crippen LogP contribution in [0.1, 0.15) is 33.4 Å². The van der Waals surface area contributed by atoms with Crippen molar-refractivity contribution in [1.82, 2.24) is 0 Å². The van der Waals surface area contributed by atoms with Crippen LogP contribution in [0.5, 0.6) is 5.75 Å². The number of halogens is 3. The first-order chi connectivity index (χ1) is 13.1. The molecule has 0 amide bonds. The Hall–Kier alpha value is -0.850. The third-order valence-corrected chi connectivity index (χ3v) is 5.97. The van der Waals surface area contributed by atoms with Gasteiger partial charge in [0.25, 0.3) is 0 Å². The topological polar surface area (TPSA) is 39.4 Å². The molecule has 0 N–H and O–H groups in total. The molecule has 0 bridgehead atoms. The van der Waals surface area contributed by atoms with E-state index < -0.39 is 0 Å². The van der Waals surface area contributed by atoms with Gasteiger partial charge in [0.05, 0.1) is 26.4 Å². The first kappa shape index (κ1) is 21.8. The van der Waals surface area contributed by atoms with E-state index in [0.717, 1.165) is 0 Å². The van der Waals surface area contributed by atoms with Gasteiger partial charge in [0.2, 0.25) is 0 Å². The lowest BCUT2D eigenvalue weighted by Crippen LogP contribution is -2.47. The second-order valence-corrected chi connectivity index (χ2v) is 9.20. The van der Waals surface area contributed by atoms with Crippen molar-refractivity contribution >= 4 is 118 Å². The summed E-state index contributed by atoms with van der Waals surface area (Å²) >= 11 is 10.3. The number of ketones is 1. The number of carbonyl (C=O) groups excluding carboxylic acids is 1. The van der Waals surface area contributed by atoms with Gasteiger partial charge in [-0.25, -0.2) is 0 Å². The Morgan fingerprint density at radius 3 is 2.07 bits per heavy atom. The van der Waals surface area contributed by atoms with Crippen LogP contribution in [-0.2, 0) is 0 Å². The highest BCUT2D eigenvalue weighted by atomic mass is 79.9. The molecular formula is C18H9B4Br3O3. The summed E-state index contributed by atoms with van der Waals surface area (Å²) in [6.07, 6.45) is 0. The minimum atomic E-state index is -0.306. The Morgan fingerprint density at radius 2 is 1.57 bits per heavy atom. The van der Waals surface area contributed by atoms with Gasteiger partial charge < -0.3 is 9.15 Å². The van der Waals surface area contributed by atoms with Crippen molar-refractivity contribution in [3.05, 3.63) is 38.0 Å². The van der Waals surface area contributed by atoms with E-state index in [1.807, 2.05) is 6.92 Å². The molecule has 0 spiro atoms. The van der Waals surface area contributed by atoms with Crippen LogP contribution in [-0.4, -0.2) is 44.3 Å². The van der Waals surface area contributed by atoms with Gasteiger partial charge in [-0.2, -0.15) is 0 Å². The molecule has 0 fully saturated rings. The molecule has 0 aliphatic carbocycles. The van der Waals surface area contributed by atoms with Gasteiger partial charge >= 0.3 is 0 Å². The van der Waals surface area contributed by atoms with E-state index in [0.29, 0.717) is 31.4 Å². The predicted octanol–water partition coefficient (Wildman–Crippen LogP) is 1.83. The lowest BCUT2D eigenvalue weighted by Gasteiger charge is -2.13. The highest BCUT2D eigenvalue weighted by Gasteiger charge is 2.28. The molecule has 2 aromatic carbocycles. The zero-order chi connectivity index (χ0) is 20.9. The number of ether oxygens (including phenoxy) is 1. The summed E-state index contributed by atoms with van der Waals surface area (Å²) in [5, 5.41) is 0.346. The Kier molecular flexibility index (Phi) is 6.33. The molecular weight excluding hydrogens is 547 g/mol. The van der Waals surface area contributed by atoms with Crippen LogP contribution in [0.15, 0.2) is 25.5 Å². The number of fused-ring (bicyclic) bond motifs is 1. The SMILES string of the molecule is [B]c1c([B])c([B])c2c(C(=O)c3cc(Br)c(OC)c(Br)c3)c(C(C)Br)oc2c1[B]. The fraction of sp³-hybridized carbons (Fsp3) is 0.167. The largest absolute Gasteiger partial charge is 0.494 e. The van der Waals surface area contributed by atoms with Crippen molar-refractivity contribution in [2.75, 3.05) is 7.11 Å². The van der Waals surface area contributed by atoms with Gasteiger partial charge in [0, 0.05) is 10.9 Å². The molecule has 3 aromatic rings. The first-order valence-corrected chi connectivity index (χ1v) is 10.5. The number of methoxy groups -OCH3 is 1. The van der Waals surface area contributed by atoms with Crippen molar-refractivity contribution in [2.45, 2.75) is 11.8 Å². The minimum Gasteiger partial charge on any atom is -0.494 e. The van der Waals surface area contributed by atoms with Crippen molar-refractivity contribution < 1.29 is 13.9 Å². The molecule has 1 atom stereocenters. The summed E-state index contributed by atoms with van der Waals surface area (Å²) in [7, 11) is 25.8. The summed E-state index contributed by atoms with van der Waals surface area (Å²) in [6.45, 7) is 1.83. The van der Waals surface area contributed by atoms with E-state index >= 15 is 0 Å². The molecule has 1 unspecified atom stereocenters. The van der Waals surface area contributed by atoms with Gasteiger partial charge in [-0.15, -0.1) is 10.9 Å². The third kappa shape index (κ3) is 3.46. The smallest absolute Gasteiger partial charge is 0.197 e. The molecule has 8 radical (unpaired) electrons. The zero-order valence-corrected chi connectivity index (χ0v) is 19.7. The predicted molar refractivity (Wildman–Crippen MR) is 127 cm³/mol. The molecule has 132 valence electrons. The molecule has 1 heterocycles. The van der Waals surface area contributed by atoms with Crippen LogP contribution >= 0.6 is 47.8 Å². The van der Waals surface area contributed by atoms with Gasteiger partial charge in [0.1, 0.15) is 48.5 Å². The monoisotopic (exact) mass is 554 g/mol. The zero-order valence-electron chi connectivity index (χ0n) is 14.9. The van der Waals surface area contributed by atoms with E-state index in [1.54, 1.807) is 12.1 Å². The number of rotatable bonds is 4. The summed E-state index contributed by atoms with van der Waals surface area (Å²) in [6, 6.07) is 3.32. The average Bonchev–Trinajstić information content (AvgIpc) is 3.04. The molecule has 3 rings (SSSR count). The van der Waals surface area contributed by atoms with Gasteiger partial charge in [-0.05, 0) is 50.9 Å². The van der Waals surface area contributed by atoms with Crippen LogP contribution in [0.25, 0.3) is 11.0 Å². The quantitative estimate of drug-likeness (QED) is 0.280. The number of furan rings is 1. The highest BCUT2D eigenvalue weighted by molar-refractivity contribution is 9.11. The molecule has 0 saturated heterocycles. The van der Waals surface area contributed by atoms with Gasteiger partial charge in [0.15, 0.2) is 5.78 Å². The lowest BCUT2D eigenvalue weighted by atomic mass is 9.65. The van der Waals surface area contributed by atoms with Crippen molar-refractivity contribution in [1.29, 1.82) is 0 Å². The standard InChI is InChI=1S/C18H9B4Br3O3/c1-5(23)16-10(9-11(19)12(20)13(21)14(22)18(9)28-16)15(26)6-3-7(24)17(27-2)8(25)4-6/h3-5H,1-2H3. The van der Waals surface area contributed by atoms with Crippen LogP contribution in [0.2, 0.25) is 0 Å². The fourth-order valence-corrected chi connectivity index (χ4v) is 4.81. The van der Waals surface area contributed by atoms with E-state index in [9.17, 15) is 4.79 Å². The number of alkyl halides is 1. The summed E-state index contributed by atoms with van der Waals surface area (Å²) < 4.78 is 12.4. The Balaban J connectivity index is 2.36. The molecule has 10 heteroatoms. The van der Waals surface area contributed by atoms with E-state index in [2.05, 4.69) is 47.8 Å². The van der Waals surface area contributed by atoms with Crippen LogP contribution < -0.4 is 26.6 Å². The number of hydrogen-bond donors (Lipinski definition) is 0. The molecule has 28 heavy (non-hydrogen) atoms. The molecule has 0 saturated carbocycles. The maximum Gasteiger partial charge on any atom is 0.197 e. The summed E-state index contributed by atoms with van der Waals surface area (Å²) in [5.41, 5.74) is 1.45. The van der Waals surface area contributed by atoms with Gasteiger partial charge in [-0.3, -0.25) is 4.79 Å². The normalized spacial score (nSPS) is 12.3. The average molecular weight is 556 g/mol. The van der Waals surface area contributed by atoms with Crippen LogP contribution in [0, 0.1) is 0 Å². The number of benzene rings is 2. The van der Waals surface area contributed by atoms with Gasteiger partial charge in [-0.1, -0.05) is 26.9 Å². The van der Waals surface area contributed by atoms with E-state index in [4.69, 9.17) is 40.5 Å². The van der Waals surface area contributed by atoms with Crippen molar-refractivity contribution in [3.8, 4) is 5.75 Å². The lowest BCUT2D eigenvalue weighted by molar-refractivity contribution is 0.103. The Morgan fingerprint density at radius 1 is 1.04 bits per heavy atom. The second kappa shape index (κ2) is 8.11. The first-order valence-electron chi connectivity index (χ1n) is 8.00. The summed E-state index contributed by atoms with van der Waals surface area (Å²) in [5.74, 6) is 0.647. The fourth-order valence-electron chi connectivity index (χ4n) is 2.98. The van der Waals surface area contributed by atoms with Crippen molar-refractivity contribution in [3.63, 3.8) is 0 Å². The molecule has 1 aromatic heterocycles. The Labute approximate surface area is 193 Å². The highest BCUT2D eigenvalue weighted by Crippen LogP contribution is 2.37. The molecule has 0 aliphatic rings. The van der Waals surface area contributed by atoms with Crippen molar-refractivity contribution in [2.24, 2.45) is 0 Å². The Bertz CT molecular complexity index is 1100. The van der Waals surface area contributed by atoms with E-state index in [-0.39, 0.29) is 43.6 Å². The maximum absolute atomic E-state index is 13.5. The number of carbonyl (C=O) groups is 1. The molecule has 3 nitrogen and oxygen atoms in total. The maximum atomic E-state index is 13.5. The van der Waals surface area contributed by atoms with E-state index in [1.165, 1.54) is 7.11 Å².